The van der Waals surface area contributed by atoms with Crippen molar-refractivity contribution in [3.8, 4) is 0 Å². The third-order valence-corrected chi connectivity index (χ3v) is 3.67. The lowest BCUT2D eigenvalue weighted by molar-refractivity contribution is -0.380. The van der Waals surface area contributed by atoms with Crippen LogP contribution in [0, 0.1) is 10.1 Å². The zero-order valence-corrected chi connectivity index (χ0v) is 11.9. The minimum atomic E-state index is -0.539. The van der Waals surface area contributed by atoms with Gasteiger partial charge in [0.2, 0.25) is 0 Å². The molecule has 0 fully saturated rings. The first-order chi connectivity index (χ1) is 10.1. The Kier molecular flexibility index (Phi) is 4.96. The Morgan fingerprint density at radius 2 is 2.19 bits per heavy atom. The van der Waals surface area contributed by atoms with Crippen LogP contribution in [0.15, 0.2) is 30.5 Å². The van der Waals surface area contributed by atoms with Gasteiger partial charge in [-0.3, -0.25) is 20.2 Å². The molecule has 0 unspecified atom stereocenters. The molecule has 2 aromatic rings. The summed E-state index contributed by atoms with van der Waals surface area (Å²) in [6.07, 6.45) is 2.62. The first-order valence-electron chi connectivity index (χ1n) is 6.31. The Morgan fingerprint density at radius 1 is 1.43 bits per heavy atom. The van der Waals surface area contributed by atoms with E-state index >= 15 is 0 Å². The molecule has 0 atom stereocenters. The van der Waals surface area contributed by atoms with Gasteiger partial charge in [-0.2, -0.15) is 0 Å². The molecule has 1 heterocycles. The number of rotatable bonds is 6. The molecule has 2 rings (SSSR count). The Morgan fingerprint density at radius 3 is 2.86 bits per heavy atom. The second-order valence-corrected chi connectivity index (χ2v) is 5.27. The van der Waals surface area contributed by atoms with Crippen molar-refractivity contribution in [1.29, 1.82) is 0 Å². The topological polar surface area (TPSA) is 111 Å². The summed E-state index contributed by atoms with van der Waals surface area (Å²) in [6, 6.07) is 7.21. The molecule has 7 nitrogen and oxygen atoms in total. The fraction of sp³-hybridized carbons (Fsp3) is 0.231. The van der Waals surface area contributed by atoms with Crippen LogP contribution in [-0.2, 0) is 6.42 Å². The third kappa shape index (κ3) is 3.83. The first-order valence-corrected chi connectivity index (χ1v) is 7.13. The second-order valence-electron chi connectivity index (χ2n) is 4.26. The van der Waals surface area contributed by atoms with Gasteiger partial charge in [0.05, 0.1) is 4.92 Å². The van der Waals surface area contributed by atoms with Crippen LogP contribution in [0.1, 0.15) is 22.3 Å². The van der Waals surface area contributed by atoms with Gasteiger partial charge in [0.15, 0.2) is 5.13 Å². The molecule has 1 amide bonds. The predicted octanol–water partition coefficient (Wildman–Crippen LogP) is 2.19. The minimum absolute atomic E-state index is 0.110. The van der Waals surface area contributed by atoms with Crippen molar-refractivity contribution in [3.05, 3.63) is 51.7 Å². The van der Waals surface area contributed by atoms with Crippen molar-refractivity contribution in [3.63, 3.8) is 0 Å². The minimum Gasteiger partial charge on any atom is -0.330 e. The zero-order chi connectivity index (χ0) is 15.2. The SMILES string of the molecule is NCCCc1ccccc1C(=O)Nc1ncc([N+](=O)[O-])s1. The van der Waals surface area contributed by atoms with Crippen LogP contribution in [-0.4, -0.2) is 22.4 Å². The average Bonchev–Trinajstić information content (AvgIpc) is 2.94. The van der Waals surface area contributed by atoms with E-state index in [-0.39, 0.29) is 16.0 Å². The van der Waals surface area contributed by atoms with Gasteiger partial charge in [-0.05, 0) is 42.4 Å². The Labute approximate surface area is 125 Å². The van der Waals surface area contributed by atoms with Gasteiger partial charge in [0.1, 0.15) is 6.20 Å². The number of amides is 1. The van der Waals surface area contributed by atoms with Gasteiger partial charge in [-0.25, -0.2) is 4.98 Å². The van der Waals surface area contributed by atoms with E-state index in [9.17, 15) is 14.9 Å². The van der Waals surface area contributed by atoms with E-state index in [1.54, 1.807) is 12.1 Å². The molecule has 21 heavy (non-hydrogen) atoms. The van der Waals surface area contributed by atoms with Gasteiger partial charge < -0.3 is 5.73 Å². The summed E-state index contributed by atoms with van der Waals surface area (Å²) in [6.45, 7) is 0.550. The molecule has 1 aromatic heterocycles. The van der Waals surface area contributed by atoms with E-state index in [4.69, 9.17) is 5.73 Å². The Balaban J connectivity index is 2.14. The maximum Gasteiger partial charge on any atom is 0.345 e. The van der Waals surface area contributed by atoms with Crippen molar-refractivity contribution >= 4 is 27.4 Å². The number of nitro groups is 1. The summed E-state index contributed by atoms with van der Waals surface area (Å²) in [5.74, 6) is -0.327. The maximum absolute atomic E-state index is 12.2. The van der Waals surface area contributed by atoms with Gasteiger partial charge >= 0.3 is 5.00 Å². The second kappa shape index (κ2) is 6.91. The van der Waals surface area contributed by atoms with Crippen molar-refractivity contribution in [1.82, 2.24) is 4.98 Å². The van der Waals surface area contributed by atoms with E-state index in [2.05, 4.69) is 10.3 Å². The highest BCUT2D eigenvalue weighted by atomic mass is 32.1. The summed E-state index contributed by atoms with van der Waals surface area (Å²) in [7, 11) is 0. The Bertz CT molecular complexity index is 656. The van der Waals surface area contributed by atoms with Crippen molar-refractivity contribution in [2.24, 2.45) is 5.73 Å². The number of benzene rings is 1. The summed E-state index contributed by atoms with van der Waals surface area (Å²) in [5.41, 5.74) is 6.91. The van der Waals surface area contributed by atoms with Crippen LogP contribution in [0.5, 0.6) is 0 Å². The third-order valence-electron chi connectivity index (χ3n) is 2.81. The summed E-state index contributed by atoms with van der Waals surface area (Å²) >= 11 is 0.826. The number of aryl methyl sites for hydroxylation is 1. The quantitative estimate of drug-likeness (QED) is 0.627. The van der Waals surface area contributed by atoms with Crippen LogP contribution in [0.4, 0.5) is 10.1 Å². The Hall–Kier alpha value is -2.32. The zero-order valence-electron chi connectivity index (χ0n) is 11.1. The van der Waals surface area contributed by atoms with E-state index in [1.807, 2.05) is 12.1 Å². The van der Waals surface area contributed by atoms with Gasteiger partial charge in [0, 0.05) is 5.56 Å². The predicted molar refractivity (Wildman–Crippen MR) is 80.5 cm³/mol. The molecule has 1 aromatic carbocycles. The number of carbonyl (C=O) groups is 1. The fourth-order valence-corrected chi connectivity index (χ4v) is 2.45. The largest absolute Gasteiger partial charge is 0.345 e. The van der Waals surface area contributed by atoms with Gasteiger partial charge in [0.25, 0.3) is 5.91 Å². The summed E-state index contributed by atoms with van der Waals surface area (Å²) in [4.78, 5) is 26.1. The number of carbonyl (C=O) groups excluding carboxylic acids is 1. The molecule has 0 spiro atoms. The number of anilines is 1. The van der Waals surface area contributed by atoms with Crippen LogP contribution in [0.2, 0.25) is 0 Å². The standard InChI is InChI=1S/C13H14N4O3S/c14-7-3-5-9-4-1-2-6-10(9)12(18)16-13-15-8-11(21-13)17(19)20/h1-2,4,6,8H,3,5,7,14H2,(H,15,16,18). The number of aromatic nitrogens is 1. The number of nitrogens with one attached hydrogen (secondary N) is 1. The van der Waals surface area contributed by atoms with Crippen LogP contribution in [0.25, 0.3) is 0 Å². The smallest absolute Gasteiger partial charge is 0.330 e. The maximum atomic E-state index is 12.2. The van der Waals surface area contributed by atoms with E-state index in [0.717, 1.165) is 29.5 Å². The molecule has 0 aliphatic carbocycles. The van der Waals surface area contributed by atoms with E-state index in [0.29, 0.717) is 18.5 Å². The molecule has 0 aliphatic heterocycles. The monoisotopic (exact) mass is 306 g/mol. The van der Waals surface area contributed by atoms with Crippen LogP contribution in [0.3, 0.4) is 0 Å². The fourth-order valence-electron chi connectivity index (χ4n) is 1.82. The van der Waals surface area contributed by atoms with Crippen LogP contribution >= 0.6 is 11.3 Å². The van der Waals surface area contributed by atoms with E-state index in [1.165, 1.54) is 0 Å². The molecule has 0 saturated carbocycles. The molecule has 110 valence electrons. The number of nitrogens with two attached hydrogens (primary N) is 1. The molecular formula is C13H14N4O3S. The summed E-state index contributed by atoms with van der Waals surface area (Å²) < 4.78 is 0. The highest BCUT2D eigenvalue weighted by Crippen LogP contribution is 2.25. The van der Waals surface area contributed by atoms with Crippen molar-refractivity contribution in [2.45, 2.75) is 12.8 Å². The highest BCUT2D eigenvalue weighted by Gasteiger charge is 2.16. The summed E-state index contributed by atoms with van der Waals surface area (Å²) in [5, 5.41) is 13.3. The molecule has 3 N–H and O–H groups in total. The van der Waals surface area contributed by atoms with Gasteiger partial charge in [-0.15, -0.1) is 0 Å². The lowest BCUT2D eigenvalue weighted by atomic mass is 10.0. The van der Waals surface area contributed by atoms with E-state index < -0.39 is 4.92 Å². The molecule has 0 saturated heterocycles. The molecule has 0 radical (unpaired) electrons. The molecule has 0 bridgehead atoms. The van der Waals surface area contributed by atoms with Crippen molar-refractivity contribution < 1.29 is 9.72 Å². The normalized spacial score (nSPS) is 10.3. The highest BCUT2D eigenvalue weighted by molar-refractivity contribution is 7.18. The number of thiazole rings is 1. The lowest BCUT2D eigenvalue weighted by Gasteiger charge is -2.08. The molecule has 8 heteroatoms. The van der Waals surface area contributed by atoms with Crippen LogP contribution < -0.4 is 11.1 Å². The first kappa shape index (κ1) is 15.1. The lowest BCUT2D eigenvalue weighted by Crippen LogP contribution is -2.14. The number of hydrogen-bond acceptors (Lipinski definition) is 6. The average molecular weight is 306 g/mol. The van der Waals surface area contributed by atoms with Crippen molar-refractivity contribution in [2.75, 3.05) is 11.9 Å². The number of nitrogens with zero attached hydrogens (tertiary/aromatic N) is 2. The molecular weight excluding hydrogens is 292 g/mol. The number of hydrogen-bond donors (Lipinski definition) is 2. The molecule has 0 aliphatic rings. The van der Waals surface area contributed by atoms with Gasteiger partial charge in [-0.1, -0.05) is 18.2 Å².